The molecule has 0 radical (unpaired) electrons. The average molecular weight is 1720 g/mol. The van der Waals surface area contributed by atoms with Gasteiger partial charge < -0.3 is 58.3 Å². The summed E-state index contributed by atoms with van der Waals surface area (Å²) in [6.07, 6.45) is 29.1. The van der Waals surface area contributed by atoms with Crippen molar-refractivity contribution in [2.24, 2.45) is 56.2 Å². The van der Waals surface area contributed by atoms with Gasteiger partial charge in [0, 0.05) is 25.7 Å². The van der Waals surface area contributed by atoms with E-state index in [1.807, 2.05) is 145 Å². The number of benzene rings is 3. The highest BCUT2D eigenvalue weighted by molar-refractivity contribution is 5.84. The molecule has 4 N–H and O–H groups in total. The lowest BCUT2D eigenvalue weighted by molar-refractivity contribution is -0.226. The van der Waals surface area contributed by atoms with Gasteiger partial charge in [-0.3, -0.25) is 28.8 Å². The molecule has 2 saturated heterocycles. The molecule has 20 nitrogen and oxygen atoms in total. The molecule has 0 amide bonds. The van der Waals surface area contributed by atoms with Gasteiger partial charge in [0.25, 0.3) is 0 Å². The number of ether oxygens (including phenoxy) is 8. The first-order valence-corrected chi connectivity index (χ1v) is 46.8. The highest BCUT2D eigenvalue weighted by Crippen LogP contribution is 2.61. The van der Waals surface area contributed by atoms with E-state index in [1.165, 1.54) is 30.4 Å². The van der Waals surface area contributed by atoms with Gasteiger partial charge in [0.15, 0.2) is 0 Å². The summed E-state index contributed by atoms with van der Waals surface area (Å²) in [5, 5.41) is 39.3. The maximum absolute atomic E-state index is 12.5. The smallest absolute Gasteiger partial charge is 0.347 e. The van der Waals surface area contributed by atoms with Crippen LogP contribution in [0.4, 0.5) is 0 Å². The first kappa shape index (κ1) is 104. The standard InChI is InChI=1S/C18H26O2.2C16H26O3.C13H22O2.2C10H16O4.2C10H14O/c1-4-17(2,3)16(19)20-18(13-9-6-10-14-18)15-11-7-5-8-12-15;2*1-4-14(2,3)13(17)19-16-8-11-5-12(9-16)7-15(18,6-11)10-16;1-5-12(3,4)11(14)15-13(6-2)9-7-8-10-13;2*1-4-10(2,3)9(12)14-7-5-6-13-8(7)11;2*1-3-8(2)9-4-6-10(11)7-5-9/h5,7-8,11-12H,4,6,9-10,13-14H2,1-3H3;2*11-12,18H,4-10H2,1-3H3;6H,2,5,7-10H2,1,3-4H3;2*7H,4-6H2,1-3H3;2*4-8,11H,3H2,1-2H3. The van der Waals surface area contributed by atoms with Gasteiger partial charge in [0.05, 0.1) is 56.9 Å². The van der Waals surface area contributed by atoms with Crippen molar-refractivity contribution in [3.8, 4) is 11.5 Å². The Kier molecular flexibility index (Phi) is 37.7. The zero-order chi connectivity index (χ0) is 92.0. The highest BCUT2D eigenvalue weighted by atomic mass is 16.6. The minimum Gasteiger partial charge on any atom is -0.508 e. The molecule has 3 aromatic carbocycles. The molecule has 20 heteroatoms. The van der Waals surface area contributed by atoms with Crippen LogP contribution in [0.25, 0.3) is 0 Å². The van der Waals surface area contributed by atoms with Crippen molar-refractivity contribution in [3.05, 3.63) is 108 Å². The van der Waals surface area contributed by atoms with Gasteiger partial charge in [0.1, 0.15) is 33.9 Å². The molecule has 2 heterocycles. The fourth-order valence-electron chi connectivity index (χ4n) is 18.1. The SMILES string of the molecule is C=CC1(OC(=O)C(C)(C)CC)CCCC1.CCC(C)(C)C(=O)OC1(c2ccccc2)CCCCC1.CCC(C)(C)C(=O)OC12CC3CC(CC(O)(C3)C1)C2.CCC(C)(C)C(=O)OC12CC3CC(CC(O)(C3)C1)C2.CCC(C)(C)C(=O)OC1CCOC1=O.CCC(C)(C)C(=O)OC1CCOC1=O.CCC(C)c1ccc(O)cc1.CCC(C)c1ccc(O)cc1. The summed E-state index contributed by atoms with van der Waals surface area (Å²) < 4.78 is 43.2. The zero-order valence-electron chi connectivity index (χ0n) is 79.6. The molecule has 123 heavy (non-hydrogen) atoms. The van der Waals surface area contributed by atoms with Gasteiger partial charge in [0.2, 0.25) is 12.2 Å². The number of hydrogen-bond donors (Lipinski definition) is 4. The van der Waals surface area contributed by atoms with Crippen molar-refractivity contribution < 1.29 is 96.7 Å². The van der Waals surface area contributed by atoms with Gasteiger partial charge in [-0.15, -0.1) is 0 Å². The molecule has 12 fully saturated rings. The van der Waals surface area contributed by atoms with Gasteiger partial charge in [-0.1, -0.05) is 137 Å². The number of carbonyl (C=O) groups is 8. The minimum atomic E-state index is -0.687. The molecule has 2 aliphatic heterocycles. The van der Waals surface area contributed by atoms with Gasteiger partial charge in [-0.25, -0.2) is 9.59 Å². The number of carbonyl (C=O) groups excluding carboxylic acids is 8. The van der Waals surface area contributed by atoms with Gasteiger partial charge in [-0.2, -0.15) is 0 Å². The first-order valence-electron chi connectivity index (χ1n) is 46.8. The Balaban J connectivity index is 0.000000219. The molecule has 8 atom stereocenters. The van der Waals surface area contributed by atoms with Crippen LogP contribution in [0.2, 0.25) is 0 Å². The number of rotatable bonds is 24. The van der Waals surface area contributed by atoms with Crippen LogP contribution < -0.4 is 0 Å². The molecular weight excluding hydrogens is 1560 g/mol. The normalized spacial score (nSPS) is 26.5. The molecular formula is C103H160O20. The Morgan fingerprint density at radius 2 is 0.724 bits per heavy atom. The molecule has 12 aliphatic rings. The van der Waals surface area contributed by atoms with Crippen molar-refractivity contribution in [3.63, 3.8) is 0 Å². The van der Waals surface area contributed by atoms with Gasteiger partial charge >= 0.3 is 47.8 Å². The second kappa shape index (κ2) is 44.4. The largest absolute Gasteiger partial charge is 0.508 e. The van der Waals surface area contributed by atoms with Crippen molar-refractivity contribution in [1.82, 2.24) is 0 Å². The lowest BCUT2D eigenvalue weighted by Gasteiger charge is -2.59. The number of esters is 8. The molecule has 8 bridgehead atoms. The molecule has 3 aromatic rings. The zero-order valence-corrected chi connectivity index (χ0v) is 79.6. The summed E-state index contributed by atoms with van der Waals surface area (Å²) in [6.45, 7) is 47.9. The van der Waals surface area contributed by atoms with Crippen LogP contribution in [0.5, 0.6) is 11.5 Å². The lowest BCUT2D eigenvalue weighted by atomic mass is 9.52. The average Bonchev–Trinajstić information content (AvgIpc) is 1.11. The number of phenols is 2. The third kappa shape index (κ3) is 29.4. The van der Waals surface area contributed by atoms with E-state index in [0.29, 0.717) is 98.7 Å². The number of phenolic OH excluding ortho intramolecular Hbond substituents is 2. The Labute approximate surface area is 738 Å². The highest BCUT2D eigenvalue weighted by Gasteiger charge is 2.61. The van der Waals surface area contributed by atoms with Gasteiger partial charge in [-0.05, 0) is 333 Å². The summed E-state index contributed by atoms with van der Waals surface area (Å²) in [7, 11) is 0. The lowest BCUT2D eigenvalue weighted by Crippen LogP contribution is -2.61. The van der Waals surface area contributed by atoms with Crippen molar-refractivity contribution >= 4 is 47.8 Å². The summed E-state index contributed by atoms with van der Waals surface area (Å²) in [5.74, 6) is 2.28. The summed E-state index contributed by atoms with van der Waals surface area (Å²) >= 11 is 0. The molecule has 10 aliphatic carbocycles. The Bertz CT molecular complexity index is 3680. The van der Waals surface area contributed by atoms with Crippen LogP contribution in [0.15, 0.2) is 91.5 Å². The van der Waals surface area contributed by atoms with E-state index in [4.69, 9.17) is 48.1 Å². The number of aromatic hydroxyl groups is 2. The summed E-state index contributed by atoms with van der Waals surface area (Å²) in [5.41, 5.74) is -1.50. The molecule has 0 spiro atoms. The molecule has 8 unspecified atom stereocenters. The predicted octanol–water partition coefficient (Wildman–Crippen LogP) is 22.8. The first-order chi connectivity index (χ1) is 57.4. The second-order valence-electron chi connectivity index (χ2n) is 41.6. The maximum Gasteiger partial charge on any atom is 0.347 e. The Morgan fingerprint density at radius 1 is 0.423 bits per heavy atom. The van der Waals surface area contributed by atoms with Crippen LogP contribution in [0.3, 0.4) is 0 Å². The molecule has 692 valence electrons. The van der Waals surface area contributed by atoms with E-state index in [-0.39, 0.29) is 58.0 Å². The topological polar surface area (TPSA) is 291 Å². The van der Waals surface area contributed by atoms with Crippen molar-refractivity contribution in [2.45, 2.75) is 409 Å². The van der Waals surface area contributed by atoms with E-state index >= 15 is 0 Å². The van der Waals surface area contributed by atoms with E-state index in [0.717, 1.165) is 147 Å². The maximum atomic E-state index is 12.5. The molecule has 0 aromatic heterocycles. The summed E-state index contributed by atoms with van der Waals surface area (Å²) in [4.78, 5) is 94.4. The Morgan fingerprint density at radius 3 is 1.01 bits per heavy atom. The minimum absolute atomic E-state index is 0.0641. The fourth-order valence-corrected chi connectivity index (χ4v) is 18.1. The third-order valence-corrected chi connectivity index (χ3v) is 29.0. The molecule has 15 rings (SSSR count). The van der Waals surface area contributed by atoms with Crippen molar-refractivity contribution in [2.75, 3.05) is 13.2 Å². The number of hydrogen-bond acceptors (Lipinski definition) is 20. The van der Waals surface area contributed by atoms with Crippen LogP contribution in [-0.2, 0) is 81.9 Å². The quantitative estimate of drug-likeness (QED) is 0.0368. The van der Waals surface area contributed by atoms with E-state index in [9.17, 15) is 48.6 Å². The van der Waals surface area contributed by atoms with Crippen molar-refractivity contribution in [1.29, 1.82) is 0 Å². The Hall–Kier alpha value is -7.32. The summed E-state index contributed by atoms with van der Waals surface area (Å²) in [6, 6.07) is 25.1. The van der Waals surface area contributed by atoms with E-state index in [1.54, 1.807) is 52.0 Å². The third-order valence-electron chi connectivity index (χ3n) is 29.0. The second-order valence-corrected chi connectivity index (χ2v) is 41.6. The van der Waals surface area contributed by atoms with Crippen LogP contribution in [-0.4, -0.2) is 122 Å². The number of cyclic esters (lactones) is 2. The number of aliphatic hydroxyl groups is 2. The van der Waals surface area contributed by atoms with E-state index in [2.05, 4.69) is 46.4 Å². The monoisotopic (exact) mass is 1720 g/mol. The van der Waals surface area contributed by atoms with Crippen LogP contribution in [0, 0.1) is 56.2 Å². The predicted molar refractivity (Wildman–Crippen MR) is 481 cm³/mol. The fraction of sp³-hybridized carbons (Fsp3) is 0.728. The molecule has 10 saturated carbocycles. The van der Waals surface area contributed by atoms with Crippen LogP contribution in [0.1, 0.15) is 380 Å². The van der Waals surface area contributed by atoms with E-state index < -0.39 is 68.0 Å². The van der Waals surface area contributed by atoms with Crippen LogP contribution >= 0.6 is 0 Å².